The minimum Gasteiger partial charge on any atom is -0.454 e. The molecule has 0 unspecified atom stereocenters. The van der Waals surface area contributed by atoms with E-state index in [0.29, 0.717) is 11.5 Å². The van der Waals surface area contributed by atoms with Gasteiger partial charge in [0, 0.05) is 36.3 Å². The van der Waals surface area contributed by atoms with Crippen LogP contribution in [0.1, 0.15) is 18.4 Å². The van der Waals surface area contributed by atoms with Gasteiger partial charge in [-0.1, -0.05) is 36.4 Å². The highest BCUT2D eigenvalue weighted by Crippen LogP contribution is 2.30. The Morgan fingerprint density at radius 1 is 1.09 bits per heavy atom. The number of fused-ring (bicyclic) bond motifs is 1. The maximum absolute atomic E-state index is 12.9. The number of para-hydroxylation sites is 2. The molecule has 0 aliphatic carbocycles. The molecule has 1 fully saturated rings. The van der Waals surface area contributed by atoms with Gasteiger partial charge in [0.1, 0.15) is 11.3 Å². The first kappa shape index (κ1) is 21.2. The van der Waals surface area contributed by atoms with E-state index < -0.39 is 0 Å². The fourth-order valence-electron chi connectivity index (χ4n) is 4.35. The molecule has 0 saturated carbocycles. The van der Waals surface area contributed by atoms with Crippen molar-refractivity contribution in [1.29, 1.82) is 0 Å². The molecule has 1 amide bonds. The lowest BCUT2D eigenvalue weighted by Crippen LogP contribution is -2.43. The van der Waals surface area contributed by atoms with Crippen LogP contribution in [0.2, 0.25) is 0 Å². The van der Waals surface area contributed by atoms with Crippen LogP contribution in [0.5, 0.6) is 0 Å². The lowest BCUT2D eigenvalue weighted by Gasteiger charge is -2.34. The first-order valence-electron chi connectivity index (χ1n) is 11.4. The molecule has 6 nitrogen and oxygen atoms in total. The van der Waals surface area contributed by atoms with Crippen LogP contribution in [0.4, 0.5) is 0 Å². The van der Waals surface area contributed by atoms with Gasteiger partial charge in [0.15, 0.2) is 5.76 Å². The van der Waals surface area contributed by atoms with Gasteiger partial charge in [0.25, 0.3) is 0 Å². The second-order valence-corrected chi connectivity index (χ2v) is 8.68. The number of furan rings is 1. The van der Waals surface area contributed by atoms with E-state index in [1.807, 2.05) is 89.6 Å². The highest BCUT2D eigenvalue weighted by molar-refractivity contribution is 5.93. The first-order chi connectivity index (χ1) is 16.1. The molecule has 0 bridgehead atoms. The largest absolute Gasteiger partial charge is 0.454 e. The normalized spacial score (nSPS) is 15.5. The van der Waals surface area contributed by atoms with Crippen LogP contribution in [-0.4, -0.2) is 58.7 Å². The number of benzene rings is 2. The molecule has 3 heterocycles. The fraction of sp³-hybridized carbons (Fsp3) is 0.259. The van der Waals surface area contributed by atoms with E-state index in [-0.39, 0.29) is 11.9 Å². The summed E-state index contributed by atoms with van der Waals surface area (Å²) in [6.45, 7) is 2.04. The number of amides is 1. The third-order valence-corrected chi connectivity index (χ3v) is 6.41. The molecular weight excluding hydrogens is 412 g/mol. The van der Waals surface area contributed by atoms with E-state index >= 15 is 0 Å². The van der Waals surface area contributed by atoms with Gasteiger partial charge in [-0.25, -0.2) is 4.68 Å². The first-order valence-corrected chi connectivity index (χ1v) is 11.4. The highest BCUT2D eigenvalue weighted by atomic mass is 16.3. The van der Waals surface area contributed by atoms with Gasteiger partial charge >= 0.3 is 0 Å². The Morgan fingerprint density at radius 3 is 2.58 bits per heavy atom. The predicted octanol–water partition coefficient (Wildman–Crippen LogP) is 4.85. The summed E-state index contributed by atoms with van der Waals surface area (Å²) in [6, 6.07) is 20.1. The Balaban J connectivity index is 1.46. The van der Waals surface area contributed by atoms with E-state index in [1.165, 1.54) is 0 Å². The van der Waals surface area contributed by atoms with Crippen molar-refractivity contribution in [2.45, 2.75) is 18.9 Å². The number of hydrogen-bond donors (Lipinski definition) is 0. The number of likely N-dealkylation sites (tertiary alicyclic amines) is 1. The lowest BCUT2D eigenvalue weighted by atomic mass is 10.0. The Morgan fingerprint density at radius 2 is 1.82 bits per heavy atom. The van der Waals surface area contributed by atoms with Crippen LogP contribution >= 0.6 is 0 Å². The van der Waals surface area contributed by atoms with Crippen molar-refractivity contribution < 1.29 is 9.21 Å². The number of carbonyl (C=O) groups excluding carboxylic acids is 1. The summed E-state index contributed by atoms with van der Waals surface area (Å²) in [7, 11) is 4.03. The zero-order valence-electron chi connectivity index (χ0n) is 19.0. The van der Waals surface area contributed by atoms with E-state index in [2.05, 4.69) is 11.9 Å². The number of nitrogens with zero attached hydrogens (tertiary/aromatic N) is 4. The van der Waals surface area contributed by atoms with Crippen LogP contribution in [0.3, 0.4) is 0 Å². The lowest BCUT2D eigenvalue weighted by molar-refractivity contribution is -0.127. The number of carbonyl (C=O) groups is 1. The molecular formula is C27H28N4O2. The zero-order chi connectivity index (χ0) is 22.8. The fourth-order valence-corrected chi connectivity index (χ4v) is 4.35. The third kappa shape index (κ3) is 4.47. The van der Waals surface area contributed by atoms with Gasteiger partial charge < -0.3 is 14.2 Å². The molecule has 1 aliphatic rings. The van der Waals surface area contributed by atoms with E-state index in [9.17, 15) is 4.79 Å². The van der Waals surface area contributed by atoms with Gasteiger partial charge in [0.05, 0.1) is 5.69 Å². The van der Waals surface area contributed by atoms with Gasteiger partial charge in [-0.15, -0.1) is 0 Å². The molecule has 4 aromatic rings. The summed E-state index contributed by atoms with van der Waals surface area (Å²) < 4.78 is 7.92. The summed E-state index contributed by atoms with van der Waals surface area (Å²) in [5.74, 6) is 0.689. The topological polar surface area (TPSA) is 54.5 Å². The molecule has 0 N–H and O–H groups in total. The summed E-state index contributed by atoms with van der Waals surface area (Å²) in [5.41, 5.74) is 3.31. The predicted molar refractivity (Wildman–Crippen MR) is 131 cm³/mol. The second kappa shape index (κ2) is 9.08. The van der Waals surface area contributed by atoms with Crippen LogP contribution in [0.15, 0.2) is 77.4 Å². The van der Waals surface area contributed by atoms with Crippen LogP contribution in [0.25, 0.3) is 34.2 Å². The summed E-state index contributed by atoms with van der Waals surface area (Å²) in [5, 5.41) is 5.83. The van der Waals surface area contributed by atoms with E-state index in [1.54, 1.807) is 6.08 Å². The van der Waals surface area contributed by atoms with Crippen molar-refractivity contribution in [3.05, 3.63) is 78.5 Å². The van der Waals surface area contributed by atoms with E-state index in [0.717, 1.165) is 48.2 Å². The second-order valence-electron chi connectivity index (χ2n) is 8.68. The molecule has 0 atom stereocenters. The average molecular weight is 441 g/mol. The van der Waals surface area contributed by atoms with Crippen molar-refractivity contribution in [3.63, 3.8) is 0 Å². The minimum atomic E-state index is 0.00701. The smallest absolute Gasteiger partial charge is 0.246 e. The Labute approximate surface area is 193 Å². The maximum atomic E-state index is 12.9. The molecule has 0 radical (unpaired) electrons. The van der Waals surface area contributed by atoms with Crippen LogP contribution in [-0.2, 0) is 4.79 Å². The highest BCUT2D eigenvalue weighted by Gasteiger charge is 2.23. The SMILES string of the molecule is CN1CCC(N(C)C(=O)/C=C/c2cn(-c3ccccc3)nc2-c2cc3ccccc3o2)CC1. The summed E-state index contributed by atoms with van der Waals surface area (Å²) >= 11 is 0. The molecule has 2 aromatic carbocycles. The van der Waals surface area contributed by atoms with Gasteiger partial charge in [-0.05, 0) is 63.3 Å². The molecule has 2 aromatic heterocycles. The Hall–Kier alpha value is -3.64. The Kier molecular flexibility index (Phi) is 5.84. The summed E-state index contributed by atoms with van der Waals surface area (Å²) in [6.07, 6.45) is 7.45. The van der Waals surface area contributed by atoms with Crippen LogP contribution < -0.4 is 0 Å². The number of likely N-dealkylation sites (N-methyl/N-ethyl adjacent to an activating group) is 1. The zero-order valence-corrected chi connectivity index (χ0v) is 19.0. The maximum Gasteiger partial charge on any atom is 0.246 e. The number of piperidine rings is 1. The van der Waals surface area contributed by atoms with Crippen molar-refractivity contribution in [3.8, 4) is 17.1 Å². The minimum absolute atomic E-state index is 0.00701. The third-order valence-electron chi connectivity index (χ3n) is 6.41. The molecule has 168 valence electrons. The number of hydrogen-bond acceptors (Lipinski definition) is 4. The molecule has 6 heteroatoms. The van der Waals surface area contributed by atoms with Gasteiger partial charge in [-0.3, -0.25) is 4.79 Å². The molecule has 1 saturated heterocycles. The standard InChI is InChI=1S/C27H28N4O2/c1-29-16-14-22(15-17-29)30(2)26(32)13-12-21-19-31(23-9-4-3-5-10-23)28-27(21)25-18-20-8-6-7-11-24(20)33-25/h3-13,18-19,22H,14-17H2,1-2H3/b13-12+. The van der Waals surface area contributed by atoms with Crippen molar-refractivity contribution in [1.82, 2.24) is 19.6 Å². The van der Waals surface area contributed by atoms with Gasteiger partial charge in [-0.2, -0.15) is 5.10 Å². The van der Waals surface area contributed by atoms with Crippen molar-refractivity contribution >= 4 is 23.0 Å². The molecule has 0 spiro atoms. The average Bonchev–Trinajstić information content (AvgIpc) is 3.47. The van der Waals surface area contributed by atoms with Gasteiger partial charge in [0.2, 0.25) is 5.91 Å². The molecule has 33 heavy (non-hydrogen) atoms. The Bertz CT molecular complexity index is 1250. The quantitative estimate of drug-likeness (QED) is 0.416. The molecule has 1 aliphatic heterocycles. The van der Waals surface area contributed by atoms with Crippen molar-refractivity contribution in [2.75, 3.05) is 27.2 Å². The van der Waals surface area contributed by atoms with Crippen LogP contribution in [0, 0.1) is 0 Å². The number of rotatable bonds is 5. The van der Waals surface area contributed by atoms with Crippen molar-refractivity contribution in [2.24, 2.45) is 0 Å². The van der Waals surface area contributed by atoms with E-state index in [4.69, 9.17) is 9.52 Å². The monoisotopic (exact) mass is 440 g/mol. The summed E-state index contributed by atoms with van der Waals surface area (Å²) in [4.78, 5) is 17.1. The molecule has 5 rings (SSSR count). The number of aromatic nitrogens is 2.